The van der Waals surface area contributed by atoms with Crippen LogP contribution in [0.25, 0.3) is 21.3 Å². The lowest BCUT2D eigenvalue weighted by Gasteiger charge is -1.95. The summed E-state index contributed by atoms with van der Waals surface area (Å²) in [6.07, 6.45) is 0. The van der Waals surface area contributed by atoms with Gasteiger partial charge in [0, 0.05) is 16.3 Å². The second-order valence-corrected chi connectivity index (χ2v) is 4.92. The summed E-state index contributed by atoms with van der Waals surface area (Å²) in [5.74, 6) is -0.360. The molecule has 3 rings (SSSR count). The third kappa shape index (κ3) is 2.24. The normalized spacial score (nSPS) is 10.8. The predicted octanol–water partition coefficient (Wildman–Crippen LogP) is 3.73. The van der Waals surface area contributed by atoms with Gasteiger partial charge in [0.25, 0.3) is 0 Å². The van der Waals surface area contributed by atoms with Crippen LogP contribution in [0.5, 0.6) is 0 Å². The Balaban J connectivity index is 1.95. The number of aromatic nitrogens is 1. The van der Waals surface area contributed by atoms with Gasteiger partial charge in [-0.25, -0.2) is 4.79 Å². The second-order valence-electron chi connectivity index (χ2n) is 3.97. The maximum Gasteiger partial charge on any atom is 0.377 e. The van der Waals surface area contributed by atoms with E-state index in [1.807, 2.05) is 23.6 Å². The maximum absolute atomic E-state index is 11.5. The number of nitrogens with zero attached hydrogens (tertiary/aromatic N) is 1. The summed E-state index contributed by atoms with van der Waals surface area (Å²) in [6.45, 7) is 2.07. The highest BCUT2D eigenvalue weighted by molar-refractivity contribution is 7.17. The van der Waals surface area contributed by atoms with Crippen LogP contribution < -0.4 is 0 Å². The molecule has 0 bridgehead atoms. The average molecular weight is 273 g/mol. The number of benzene rings is 1. The standard InChI is InChI=1S/C14H11NO3S/c1-2-17-14(16)12-8-11(15-18-12)10-4-3-9-5-6-19-13(9)7-10/h3-8H,2H2,1H3. The van der Waals surface area contributed by atoms with Crippen molar-refractivity contribution in [2.24, 2.45) is 0 Å². The number of ether oxygens (including phenoxy) is 1. The highest BCUT2D eigenvalue weighted by Crippen LogP contribution is 2.27. The summed E-state index contributed by atoms with van der Waals surface area (Å²) in [5, 5.41) is 7.15. The topological polar surface area (TPSA) is 52.3 Å². The van der Waals surface area contributed by atoms with E-state index < -0.39 is 5.97 Å². The molecule has 0 saturated heterocycles. The number of carbonyl (C=O) groups excluding carboxylic acids is 1. The first kappa shape index (κ1) is 11.9. The molecule has 0 fully saturated rings. The van der Waals surface area contributed by atoms with Crippen molar-refractivity contribution < 1.29 is 14.1 Å². The zero-order valence-electron chi connectivity index (χ0n) is 10.3. The van der Waals surface area contributed by atoms with Gasteiger partial charge in [-0.1, -0.05) is 17.3 Å². The van der Waals surface area contributed by atoms with Crippen LogP contribution in [0.15, 0.2) is 40.2 Å². The van der Waals surface area contributed by atoms with Crippen LogP contribution in [0.4, 0.5) is 0 Å². The molecule has 0 spiro atoms. The third-order valence-electron chi connectivity index (χ3n) is 2.74. The highest BCUT2D eigenvalue weighted by Gasteiger charge is 2.15. The minimum Gasteiger partial charge on any atom is -0.460 e. The lowest BCUT2D eigenvalue weighted by molar-refractivity contribution is 0.0480. The summed E-state index contributed by atoms with van der Waals surface area (Å²) in [6, 6.07) is 9.69. The number of hydrogen-bond donors (Lipinski definition) is 0. The minimum atomic E-state index is -0.488. The van der Waals surface area contributed by atoms with E-state index in [0.29, 0.717) is 12.3 Å². The van der Waals surface area contributed by atoms with Crippen molar-refractivity contribution in [3.05, 3.63) is 41.5 Å². The van der Waals surface area contributed by atoms with Crippen molar-refractivity contribution in [1.82, 2.24) is 5.16 Å². The van der Waals surface area contributed by atoms with E-state index in [9.17, 15) is 4.79 Å². The lowest BCUT2D eigenvalue weighted by atomic mass is 10.1. The monoisotopic (exact) mass is 273 g/mol. The Morgan fingerprint density at radius 2 is 2.26 bits per heavy atom. The molecule has 2 aromatic heterocycles. The number of rotatable bonds is 3. The molecule has 0 unspecified atom stereocenters. The largest absolute Gasteiger partial charge is 0.460 e. The zero-order valence-corrected chi connectivity index (χ0v) is 11.1. The Hall–Kier alpha value is -2.14. The van der Waals surface area contributed by atoms with Crippen molar-refractivity contribution in [2.75, 3.05) is 6.61 Å². The number of esters is 1. The average Bonchev–Trinajstić information content (AvgIpc) is 3.07. The van der Waals surface area contributed by atoms with Crippen LogP contribution >= 0.6 is 11.3 Å². The van der Waals surface area contributed by atoms with Crippen molar-refractivity contribution in [1.29, 1.82) is 0 Å². The SMILES string of the molecule is CCOC(=O)c1cc(-c2ccc3ccsc3c2)no1. The molecule has 3 aromatic rings. The fourth-order valence-corrected chi connectivity index (χ4v) is 2.65. The summed E-state index contributed by atoms with van der Waals surface area (Å²) in [5.41, 5.74) is 1.56. The molecule has 0 amide bonds. The Kier molecular flexibility index (Phi) is 3.05. The van der Waals surface area contributed by atoms with Gasteiger partial charge in [-0.2, -0.15) is 0 Å². The van der Waals surface area contributed by atoms with Gasteiger partial charge in [0.2, 0.25) is 5.76 Å². The van der Waals surface area contributed by atoms with Crippen LogP contribution in [0.2, 0.25) is 0 Å². The molecular weight excluding hydrogens is 262 g/mol. The van der Waals surface area contributed by atoms with E-state index in [1.165, 1.54) is 10.1 Å². The van der Waals surface area contributed by atoms with Crippen molar-refractivity contribution in [3.8, 4) is 11.3 Å². The molecule has 19 heavy (non-hydrogen) atoms. The van der Waals surface area contributed by atoms with Gasteiger partial charge in [-0.3, -0.25) is 0 Å². The molecule has 0 atom stereocenters. The smallest absolute Gasteiger partial charge is 0.377 e. The van der Waals surface area contributed by atoms with E-state index >= 15 is 0 Å². The fraction of sp³-hybridized carbons (Fsp3) is 0.143. The van der Waals surface area contributed by atoms with Crippen LogP contribution in [-0.2, 0) is 4.74 Å². The molecule has 1 aromatic carbocycles. The van der Waals surface area contributed by atoms with Crippen LogP contribution in [-0.4, -0.2) is 17.7 Å². The molecule has 0 aliphatic carbocycles. The number of fused-ring (bicyclic) bond motifs is 1. The summed E-state index contributed by atoms with van der Waals surface area (Å²) in [4.78, 5) is 11.5. The molecule has 96 valence electrons. The summed E-state index contributed by atoms with van der Waals surface area (Å²) in [7, 11) is 0. The Labute approximate surface area is 113 Å². The lowest BCUT2D eigenvalue weighted by Crippen LogP contribution is -2.02. The van der Waals surface area contributed by atoms with E-state index in [4.69, 9.17) is 9.26 Å². The number of carbonyl (C=O) groups is 1. The molecule has 2 heterocycles. The summed E-state index contributed by atoms with van der Waals surface area (Å²) >= 11 is 1.67. The van der Waals surface area contributed by atoms with E-state index in [1.54, 1.807) is 24.3 Å². The van der Waals surface area contributed by atoms with Gasteiger partial charge in [-0.05, 0) is 29.8 Å². The van der Waals surface area contributed by atoms with Gasteiger partial charge in [0.05, 0.1) is 6.61 Å². The third-order valence-corrected chi connectivity index (χ3v) is 3.62. The molecule has 0 radical (unpaired) electrons. The Bertz CT molecular complexity index is 729. The van der Waals surface area contributed by atoms with Crippen molar-refractivity contribution in [3.63, 3.8) is 0 Å². The fourth-order valence-electron chi connectivity index (χ4n) is 1.82. The minimum absolute atomic E-state index is 0.128. The maximum atomic E-state index is 11.5. The molecule has 5 heteroatoms. The predicted molar refractivity (Wildman–Crippen MR) is 73.3 cm³/mol. The Morgan fingerprint density at radius 3 is 3.11 bits per heavy atom. The zero-order chi connectivity index (χ0) is 13.2. The van der Waals surface area contributed by atoms with Crippen LogP contribution in [0.3, 0.4) is 0 Å². The van der Waals surface area contributed by atoms with E-state index in [2.05, 4.69) is 11.2 Å². The van der Waals surface area contributed by atoms with Gasteiger partial charge < -0.3 is 9.26 Å². The van der Waals surface area contributed by atoms with Gasteiger partial charge in [0.15, 0.2) is 0 Å². The Morgan fingerprint density at radius 1 is 1.37 bits per heavy atom. The molecular formula is C14H11NO3S. The van der Waals surface area contributed by atoms with Gasteiger partial charge >= 0.3 is 5.97 Å². The van der Waals surface area contributed by atoms with Crippen LogP contribution in [0, 0.1) is 0 Å². The van der Waals surface area contributed by atoms with Crippen molar-refractivity contribution >= 4 is 27.4 Å². The highest BCUT2D eigenvalue weighted by atomic mass is 32.1. The first-order valence-electron chi connectivity index (χ1n) is 5.89. The first-order chi connectivity index (χ1) is 9.28. The van der Waals surface area contributed by atoms with E-state index in [0.717, 1.165) is 5.56 Å². The number of thiophene rings is 1. The first-order valence-corrected chi connectivity index (χ1v) is 6.77. The molecule has 0 aliphatic rings. The molecule has 0 saturated carbocycles. The second kappa shape index (κ2) is 4.85. The molecule has 0 aliphatic heterocycles. The van der Waals surface area contributed by atoms with Crippen LogP contribution in [0.1, 0.15) is 17.5 Å². The quantitative estimate of drug-likeness (QED) is 0.682. The molecule has 4 nitrogen and oxygen atoms in total. The van der Waals surface area contributed by atoms with Gasteiger partial charge in [-0.15, -0.1) is 11.3 Å². The van der Waals surface area contributed by atoms with Crippen molar-refractivity contribution in [2.45, 2.75) is 6.92 Å². The number of hydrogen-bond acceptors (Lipinski definition) is 5. The van der Waals surface area contributed by atoms with Gasteiger partial charge in [0.1, 0.15) is 5.69 Å². The molecule has 0 N–H and O–H groups in total. The summed E-state index contributed by atoms with van der Waals surface area (Å²) < 4.78 is 11.0. The van der Waals surface area contributed by atoms with E-state index in [-0.39, 0.29) is 5.76 Å².